The quantitative estimate of drug-likeness (QED) is 0.639. The zero-order valence-corrected chi connectivity index (χ0v) is 15.1. The molecule has 1 aromatic heterocycles. The molecule has 8 nitrogen and oxygen atoms in total. The normalized spacial score (nSPS) is 16.5. The molecule has 1 amide bonds. The summed E-state index contributed by atoms with van der Waals surface area (Å²) in [6.07, 6.45) is 4.44. The van der Waals surface area contributed by atoms with E-state index in [1.807, 2.05) is 4.90 Å². The first-order valence-electron chi connectivity index (χ1n) is 8.93. The fourth-order valence-corrected chi connectivity index (χ4v) is 2.93. The third kappa shape index (κ3) is 5.16. The molecule has 0 saturated carbocycles. The van der Waals surface area contributed by atoms with Gasteiger partial charge in [-0.25, -0.2) is 14.8 Å². The maximum Gasteiger partial charge on any atom is 0.411 e. The number of hydrogen-bond acceptors (Lipinski definition) is 7. The molecule has 1 unspecified atom stereocenters. The number of hydrogen-bond donors (Lipinski definition) is 1. The second kappa shape index (κ2) is 8.98. The van der Waals surface area contributed by atoms with Gasteiger partial charge in [-0.15, -0.1) is 0 Å². The first kappa shape index (κ1) is 18.6. The molecule has 2 aromatic rings. The number of anilines is 2. The van der Waals surface area contributed by atoms with Crippen molar-refractivity contribution < 1.29 is 19.1 Å². The lowest BCUT2D eigenvalue weighted by molar-refractivity contribution is -0.139. The van der Waals surface area contributed by atoms with Gasteiger partial charge in [0.25, 0.3) is 0 Å². The van der Waals surface area contributed by atoms with Crippen molar-refractivity contribution in [2.45, 2.75) is 19.8 Å². The van der Waals surface area contributed by atoms with Crippen LogP contribution in [0.2, 0.25) is 0 Å². The van der Waals surface area contributed by atoms with Crippen LogP contribution < -0.4 is 15.0 Å². The Bertz CT molecular complexity index is 784. The van der Waals surface area contributed by atoms with Gasteiger partial charge < -0.3 is 14.4 Å². The third-order valence-corrected chi connectivity index (χ3v) is 4.16. The Morgan fingerprint density at radius 2 is 2.07 bits per heavy atom. The van der Waals surface area contributed by atoms with Crippen molar-refractivity contribution in [2.75, 3.05) is 29.9 Å². The molecule has 0 radical (unpaired) electrons. The monoisotopic (exact) mass is 370 g/mol. The number of carbonyl (C=O) groups is 2. The number of nitrogens with zero attached hydrogens (tertiary/aromatic N) is 3. The van der Waals surface area contributed by atoms with Gasteiger partial charge in [0.2, 0.25) is 5.95 Å². The summed E-state index contributed by atoms with van der Waals surface area (Å²) in [5.74, 6) is 0.436. The van der Waals surface area contributed by atoms with E-state index < -0.39 is 6.09 Å². The predicted molar refractivity (Wildman–Crippen MR) is 99.7 cm³/mol. The summed E-state index contributed by atoms with van der Waals surface area (Å²) >= 11 is 0. The van der Waals surface area contributed by atoms with Crippen LogP contribution in [-0.2, 0) is 9.53 Å². The smallest absolute Gasteiger partial charge is 0.411 e. The van der Waals surface area contributed by atoms with E-state index in [2.05, 4.69) is 15.3 Å². The molecule has 1 saturated heterocycles. The summed E-state index contributed by atoms with van der Waals surface area (Å²) in [6, 6.07) is 8.43. The summed E-state index contributed by atoms with van der Waals surface area (Å²) in [5.41, 5.74) is 0.502. The lowest BCUT2D eigenvalue weighted by Gasteiger charge is -2.31. The Balaban J connectivity index is 1.60. The standard InChI is InChI=1S/C19H22N4O4/c1-2-26-19(25)22-15-7-3-8-16(12-15)27-17(24)14-6-4-11-23(13-14)18-20-9-5-10-21-18/h3,5,7-10,12,14H,2,4,6,11,13H2,1H3,(H,22,25). The minimum Gasteiger partial charge on any atom is -0.450 e. The van der Waals surface area contributed by atoms with E-state index >= 15 is 0 Å². The predicted octanol–water partition coefficient (Wildman–Crippen LogP) is 2.87. The first-order chi connectivity index (χ1) is 13.2. The molecule has 8 heteroatoms. The maximum atomic E-state index is 12.6. The van der Waals surface area contributed by atoms with Crippen LogP contribution in [-0.4, -0.2) is 41.7 Å². The largest absolute Gasteiger partial charge is 0.450 e. The average Bonchev–Trinajstić information content (AvgIpc) is 2.69. The van der Waals surface area contributed by atoms with Crippen molar-refractivity contribution >= 4 is 23.7 Å². The summed E-state index contributed by atoms with van der Waals surface area (Å²) in [6.45, 7) is 3.34. The Labute approximate surface area is 157 Å². The summed E-state index contributed by atoms with van der Waals surface area (Å²) in [5, 5.41) is 2.59. The second-order valence-corrected chi connectivity index (χ2v) is 6.13. The Kier molecular flexibility index (Phi) is 6.19. The minimum atomic E-state index is -0.549. The van der Waals surface area contributed by atoms with Crippen LogP contribution in [0.1, 0.15) is 19.8 Å². The van der Waals surface area contributed by atoms with E-state index in [0.717, 1.165) is 19.4 Å². The SMILES string of the molecule is CCOC(=O)Nc1cccc(OC(=O)C2CCCN(c3ncccn3)C2)c1. The lowest BCUT2D eigenvalue weighted by atomic mass is 9.98. The van der Waals surface area contributed by atoms with E-state index in [4.69, 9.17) is 9.47 Å². The highest BCUT2D eigenvalue weighted by molar-refractivity contribution is 5.85. The fourth-order valence-electron chi connectivity index (χ4n) is 2.93. The average molecular weight is 370 g/mol. The van der Waals surface area contributed by atoms with Crippen LogP contribution in [0.4, 0.5) is 16.4 Å². The topological polar surface area (TPSA) is 93.6 Å². The van der Waals surface area contributed by atoms with Gasteiger partial charge >= 0.3 is 12.1 Å². The number of esters is 1. The number of aromatic nitrogens is 2. The maximum absolute atomic E-state index is 12.6. The van der Waals surface area contributed by atoms with E-state index in [9.17, 15) is 9.59 Å². The minimum absolute atomic E-state index is 0.260. The first-order valence-corrected chi connectivity index (χ1v) is 8.93. The van der Waals surface area contributed by atoms with Gasteiger partial charge in [-0.1, -0.05) is 6.07 Å². The number of rotatable bonds is 5. The van der Waals surface area contributed by atoms with E-state index in [1.165, 1.54) is 0 Å². The van der Waals surface area contributed by atoms with Gasteiger partial charge in [-0.05, 0) is 38.0 Å². The highest BCUT2D eigenvalue weighted by atomic mass is 16.5. The molecule has 2 heterocycles. The van der Waals surface area contributed by atoms with Crippen LogP contribution in [0.15, 0.2) is 42.7 Å². The molecular formula is C19H22N4O4. The molecule has 1 aromatic carbocycles. The fraction of sp³-hybridized carbons (Fsp3) is 0.368. The molecule has 3 rings (SSSR count). The summed E-state index contributed by atoms with van der Waals surface area (Å²) < 4.78 is 10.4. The summed E-state index contributed by atoms with van der Waals surface area (Å²) in [7, 11) is 0. The number of carbonyl (C=O) groups excluding carboxylic acids is 2. The van der Waals surface area contributed by atoms with Crippen molar-refractivity contribution in [3.05, 3.63) is 42.7 Å². The van der Waals surface area contributed by atoms with Gasteiger partial charge in [0.15, 0.2) is 0 Å². The van der Waals surface area contributed by atoms with Crippen LogP contribution in [0.5, 0.6) is 5.75 Å². The number of benzene rings is 1. The number of ether oxygens (including phenoxy) is 2. The van der Waals surface area contributed by atoms with E-state index in [0.29, 0.717) is 23.9 Å². The molecule has 1 fully saturated rings. The summed E-state index contributed by atoms with van der Waals surface area (Å²) in [4.78, 5) is 34.6. The molecule has 1 atom stereocenters. The van der Waals surface area contributed by atoms with Crippen molar-refractivity contribution in [3.63, 3.8) is 0 Å². The molecule has 1 N–H and O–H groups in total. The van der Waals surface area contributed by atoms with Gasteiger partial charge in [0, 0.05) is 37.2 Å². The van der Waals surface area contributed by atoms with Crippen LogP contribution in [0, 0.1) is 5.92 Å². The van der Waals surface area contributed by atoms with E-state index in [1.54, 1.807) is 49.6 Å². The molecule has 0 aliphatic carbocycles. The molecule has 142 valence electrons. The van der Waals surface area contributed by atoms with Crippen molar-refractivity contribution in [1.82, 2.24) is 9.97 Å². The van der Waals surface area contributed by atoms with Gasteiger partial charge in [-0.3, -0.25) is 10.1 Å². The highest BCUT2D eigenvalue weighted by Crippen LogP contribution is 2.23. The van der Waals surface area contributed by atoms with Crippen LogP contribution >= 0.6 is 0 Å². The molecule has 27 heavy (non-hydrogen) atoms. The van der Waals surface area contributed by atoms with Crippen LogP contribution in [0.3, 0.4) is 0 Å². The van der Waals surface area contributed by atoms with Crippen molar-refractivity contribution in [3.8, 4) is 5.75 Å². The van der Waals surface area contributed by atoms with Gasteiger partial charge in [-0.2, -0.15) is 0 Å². The van der Waals surface area contributed by atoms with E-state index in [-0.39, 0.29) is 18.5 Å². The van der Waals surface area contributed by atoms with Crippen molar-refractivity contribution in [2.24, 2.45) is 5.92 Å². The zero-order chi connectivity index (χ0) is 19.1. The Morgan fingerprint density at radius 3 is 2.85 bits per heavy atom. The Morgan fingerprint density at radius 1 is 1.26 bits per heavy atom. The van der Waals surface area contributed by atoms with Crippen molar-refractivity contribution in [1.29, 1.82) is 0 Å². The number of amides is 1. The molecule has 0 spiro atoms. The highest BCUT2D eigenvalue weighted by Gasteiger charge is 2.28. The van der Waals surface area contributed by atoms with Crippen LogP contribution in [0.25, 0.3) is 0 Å². The third-order valence-electron chi connectivity index (χ3n) is 4.16. The van der Waals surface area contributed by atoms with Gasteiger partial charge in [0.1, 0.15) is 5.75 Å². The number of piperidine rings is 1. The molecule has 1 aliphatic rings. The molecular weight excluding hydrogens is 348 g/mol. The second-order valence-electron chi connectivity index (χ2n) is 6.13. The number of nitrogens with one attached hydrogen (secondary N) is 1. The molecule has 0 bridgehead atoms. The lowest BCUT2D eigenvalue weighted by Crippen LogP contribution is -2.41. The van der Waals surface area contributed by atoms with Gasteiger partial charge in [0.05, 0.1) is 12.5 Å². The zero-order valence-electron chi connectivity index (χ0n) is 15.1. The Hall–Kier alpha value is -3.16. The molecule has 1 aliphatic heterocycles.